The van der Waals surface area contributed by atoms with Crippen molar-refractivity contribution < 1.29 is 14.3 Å². The standard InChI is InChI=1S/C19H22N4O3S2/c1-13-3-5-15(6-4-13)21-19(27)23-22-18(25)12-28-11-17(24)20-14-7-9-16(26-2)10-8-14/h3-10H,11-12H2,1-2H3,(H,20,24)(H,22,25)(H2,21,23,27). The molecule has 28 heavy (non-hydrogen) atoms. The minimum Gasteiger partial charge on any atom is -0.497 e. The van der Waals surface area contributed by atoms with Crippen LogP contribution in [-0.4, -0.2) is 35.5 Å². The zero-order valence-corrected chi connectivity index (χ0v) is 17.2. The molecule has 0 atom stereocenters. The molecule has 0 unspecified atom stereocenters. The highest BCUT2D eigenvalue weighted by atomic mass is 32.2. The molecule has 2 rings (SSSR count). The van der Waals surface area contributed by atoms with E-state index >= 15 is 0 Å². The fourth-order valence-electron chi connectivity index (χ4n) is 2.07. The number of amides is 2. The van der Waals surface area contributed by atoms with Crippen molar-refractivity contribution in [1.82, 2.24) is 10.9 Å². The predicted molar refractivity (Wildman–Crippen MR) is 118 cm³/mol. The van der Waals surface area contributed by atoms with E-state index in [2.05, 4.69) is 21.5 Å². The quantitative estimate of drug-likeness (QED) is 0.406. The maximum absolute atomic E-state index is 11.9. The summed E-state index contributed by atoms with van der Waals surface area (Å²) in [4.78, 5) is 23.7. The van der Waals surface area contributed by atoms with Gasteiger partial charge in [0.2, 0.25) is 11.8 Å². The number of thiocarbonyl (C=S) groups is 1. The van der Waals surface area contributed by atoms with E-state index in [9.17, 15) is 9.59 Å². The summed E-state index contributed by atoms with van der Waals surface area (Å²) in [6.07, 6.45) is 0. The normalized spacial score (nSPS) is 9.93. The van der Waals surface area contributed by atoms with Gasteiger partial charge in [-0.15, -0.1) is 11.8 Å². The Bertz CT molecular complexity index is 811. The maximum atomic E-state index is 11.9. The molecular weight excluding hydrogens is 396 g/mol. The minimum atomic E-state index is -0.282. The number of hydrazine groups is 1. The number of rotatable bonds is 7. The van der Waals surface area contributed by atoms with Crippen molar-refractivity contribution in [1.29, 1.82) is 0 Å². The van der Waals surface area contributed by atoms with Crippen molar-refractivity contribution in [2.75, 3.05) is 29.2 Å². The van der Waals surface area contributed by atoms with E-state index in [1.165, 1.54) is 11.8 Å². The number of thioether (sulfide) groups is 1. The SMILES string of the molecule is COc1ccc(NC(=O)CSCC(=O)NNC(=S)Nc2ccc(C)cc2)cc1. The lowest BCUT2D eigenvalue weighted by atomic mass is 10.2. The third-order valence-electron chi connectivity index (χ3n) is 3.46. The van der Waals surface area contributed by atoms with Gasteiger partial charge < -0.3 is 15.4 Å². The van der Waals surface area contributed by atoms with Crippen LogP contribution in [0.1, 0.15) is 5.56 Å². The zero-order chi connectivity index (χ0) is 20.4. The smallest absolute Gasteiger partial charge is 0.248 e. The monoisotopic (exact) mass is 418 g/mol. The molecule has 0 fully saturated rings. The predicted octanol–water partition coefficient (Wildman–Crippen LogP) is 2.69. The number of carbonyl (C=O) groups is 2. The van der Waals surface area contributed by atoms with Gasteiger partial charge in [0.25, 0.3) is 0 Å². The van der Waals surface area contributed by atoms with E-state index < -0.39 is 0 Å². The summed E-state index contributed by atoms with van der Waals surface area (Å²) in [6, 6.07) is 14.7. The lowest BCUT2D eigenvalue weighted by molar-refractivity contribution is -0.119. The highest BCUT2D eigenvalue weighted by Gasteiger charge is 2.07. The first-order valence-corrected chi connectivity index (χ1v) is 9.96. The molecular formula is C19H22N4O3S2. The fraction of sp³-hybridized carbons (Fsp3) is 0.211. The van der Waals surface area contributed by atoms with Crippen LogP contribution in [0.4, 0.5) is 11.4 Å². The van der Waals surface area contributed by atoms with Gasteiger partial charge in [-0.05, 0) is 55.5 Å². The number of carbonyl (C=O) groups excluding carboxylic acids is 2. The molecule has 2 amide bonds. The highest BCUT2D eigenvalue weighted by molar-refractivity contribution is 8.00. The zero-order valence-electron chi connectivity index (χ0n) is 15.6. The summed E-state index contributed by atoms with van der Waals surface area (Å²) in [6.45, 7) is 2.00. The Morgan fingerprint density at radius 3 is 2.11 bits per heavy atom. The molecule has 0 aliphatic heterocycles. The van der Waals surface area contributed by atoms with E-state index in [0.717, 1.165) is 11.3 Å². The summed E-state index contributed by atoms with van der Waals surface area (Å²) >= 11 is 6.32. The van der Waals surface area contributed by atoms with Crippen molar-refractivity contribution in [3.63, 3.8) is 0 Å². The van der Waals surface area contributed by atoms with Gasteiger partial charge >= 0.3 is 0 Å². The molecule has 0 aliphatic rings. The Hall–Kier alpha value is -2.78. The second kappa shape index (κ2) is 11.2. The van der Waals surface area contributed by atoms with E-state index in [4.69, 9.17) is 17.0 Å². The number of hydrogen-bond acceptors (Lipinski definition) is 5. The van der Waals surface area contributed by atoms with Crippen molar-refractivity contribution in [2.45, 2.75) is 6.92 Å². The molecule has 0 radical (unpaired) electrons. The van der Waals surface area contributed by atoms with E-state index in [-0.39, 0.29) is 28.4 Å². The average Bonchev–Trinajstić information content (AvgIpc) is 2.69. The molecule has 148 valence electrons. The number of anilines is 2. The van der Waals surface area contributed by atoms with E-state index in [0.29, 0.717) is 11.4 Å². The van der Waals surface area contributed by atoms with Crippen LogP contribution in [0.2, 0.25) is 0 Å². The molecule has 9 heteroatoms. The second-order valence-electron chi connectivity index (χ2n) is 5.76. The molecule has 0 aromatic heterocycles. The van der Waals surface area contributed by atoms with Gasteiger partial charge in [0.05, 0.1) is 18.6 Å². The number of aryl methyl sites for hydroxylation is 1. The highest BCUT2D eigenvalue weighted by Crippen LogP contribution is 2.15. The van der Waals surface area contributed by atoms with Crippen LogP contribution in [-0.2, 0) is 9.59 Å². The number of ether oxygens (including phenoxy) is 1. The Labute approximate surface area is 173 Å². The van der Waals surface area contributed by atoms with Crippen LogP contribution in [0.15, 0.2) is 48.5 Å². The molecule has 2 aromatic rings. The van der Waals surface area contributed by atoms with Crippen LogP contribution in [0, 0.1) is 6.92 Å². The number of nitrogens with one attached hydrogen (secondary N) is 4. The largest absolute Gasteiger partial charge is 0.497 e. The van der Waals surface area contributed by atoms with Crippen molar-refractivity contribution in [3.05, 3.63) is 54.1 Å². The first-order valence-electron chi connectivity index (χ1n) is 8.40. The lowest BCUT2D eigenvalue weighted by Crippen LogP contribution is -2.44. The Kier molecular flexibility index (Phi) is 8.57. The molecule has 2 aromatic carbocycles. The van der Waals surface area contributed by atoms with Crippen LogP contribution in [0.25, 0.3) is 0 Å². The van der Waals surface area contributed by atoms with Gasteiger partial charge in [-0.1, -0.05) is 17.7 Å². The molecule has 7 nitrogen and oxygen atoms in total. The molecule has 0 saturated heterocycles. The van der Waals surface area contributed by atoms with Gasteiger partial charge in [-0.3, -0.25) is 20.4 Å². The van der Waals surface area contributed by atoms with Gasteiger partial charge in [0.1, 0.15) is 5.75 Å². The van der Waals surface area contributed by atoms with Gasteiger partial charge in [0, 0.05) is 11.4 Å². The lowest BCUT2D eigenvalue weighted by Gasteiger charge is -2.11. The average molecular weight is 419 g/mol. The molecule has 0 saturated carbocycles. The van der Waals surface area contributed by atoms with Gasteiger partial charge in [-0.25, -0.2) is 0 Å². The first kappa shape index (κ1) is 21.5. The third-order valence-corrected chi connectivity index (χ3v) is 4.60. The summed E-state index contributed by atoms with van der Waals surface area (Å²) < 4.78 is 5.06. The topological polar surface area (TPSA) is 91.5 Å². The number of hydrogen-bond donors (Lipinski definition) is 4. The summed E-state index contributed by atoms with van der Waals surface area (Å²) in [5.41, 5.74) is 7.76. The van der Waals surface area contributed by atoms with Crippen molar-refractivity contribution in [2.24, 2.45) is 0 Å². The van der Waals surface area contributed by atoms with E-state index in [1.807, 2.05) is 31.2 Å². The molecule has 0 spiro atoms. The van der Waals surface area contributed by atoms with Crippen molar-refractivity contribution >= 4 is 52.3 Å². The van der Waals surface area contributed by atoms with E-state index in [1.54, 1.807) is 31.4 Å². The summed E-state index contributed by atoms with van der Waals surface area (Å²) in [5, 5.41) is 5.99. The molecule has 4 N–H and O–H groups in total. The molecule has 0 bridgehead atoms. The van der Waals surface area contributed by atoms with Crippen molar-refractivity contribution in [3.8, 4) is 5.75 Å². The fourth-order valence-corrected chi connectivity index (χ4v) is 2.86. The third kappa shape index (κ3) is 7.85. The summed E-state index contributed by atoms with van der Waals surface area (Å²) in [5.74, 6) is 0.524. The number of methoxy groups -OCH3 is 1. The Morgan fingerprint density at radius 2 is 1.46 bits per heavy atom. The van der Waals surface area contributed by atoms with Crippen LogP contribution in [0.5, 0.6) is 5.75 Å². The van der Waals surface area contributed by atoms with Crippen LogP contribution in [0.3, 0.4) is 0 Å². The van der Waals surface area contributed by atoms with Crippen LogP contribution >= 0.6 is 24.0 Å². The van der Waals surface area contributed by atoms with Gasteiger partial charge in [0.15, 0.2) is 5.11 Å². The first-order chi connectivity index (χ1) is 13.5. The summed E-state index contributed by atoms with van der Waals surface area (Å²) in [7, 11) is 1.58. The number of benzene rings is 2. The minimum absolute atomic E-state index is 0.121. The molecule has 0 heterocycles. The maximum Gasteiger partial charge on any atom is 0.248 e. The Balaban J connectivity index is 1.61. The second-order valence-corrected chi connectivity index (χ2v) is 7.16. The molecule has 0 aliphatic carbocycles. The van der Waals surface area contributed by atoms with Crippen LogP contribution < -0.4 is 26.2 Å². The van der Waals surface area contributed by atoms with Gasteiger partial charge in [-0.2, -0.15) is 0 Å². The Morgan fingerprint density at radius 1 is 0.893 bits per heavy atom.